The van der Waals surface area contributed by atoms with Crippen LogP contribution in [0.1, 0.15) is 478 Å². The van der Waals surface area contributed by atoms with Crippen molar-refractivity contribution in [3.05, 3.63) is 0 Å². The molecule has 56 rings (SSSR count). The molecule has 137 heavy (non-hydrogen) atoms. The van der Waals surface area contributed by atoms with Crippen molar-refractivity contribution in [2.45, 2.75) is 478 Å². The third kappa shape index (κ3) is 7.96. The van der Waals surface area contributed by atoms with Crippen molar-refractivity contribution < 1.29 is 0 Å². The van der Waals surface area contributed by atoms with Crippen LogP contribution in [0.2, 0.25) is 0 Å². The van der Waals surface area contributed by atoms with E-state index >= 15 is 0 Å². The Morgan fingerprint density at radius 3 is 0.533 bits per heavy atom. The monoisotopic (exact) mass is 1840 g/mol. The Hall–Kier alpha value is 0. The van der Waals surface area contributed by atoms with E-state index in [9.17, 15) is 0 Å². The van der Waals surface area contributed by atoms with Gasteiger partial charge >= 0.3 is 0 Å². The quantitative estimate of drug-likeness (QED) is 0.163. The van der Waals surface area contributed by atoms with Crippen molar-refractivity contribution in [2.24, 2.45) is 363 Å². The average molecular weight is 1840 g/mol. The lowest BCUT2D eigenvalue weighted by molar-refractivity contribution is -0.410. The zero-order chi connectivity index (χ0) is 91.4. The smallest absolute Gasteiger partial charge is 0.0224 e. The van der Waals surface area contributed by atoms with Gasteiger partial charge in [-0.3, -0.25) is 0 Å². The molecule has 0 radical (unpaired) electrons. The predicted molar refractivity (Wildman–Crippen MR) is 546 cm³/mol. The second kappa shape index (κ2) is 21.1. The van der Waals surface area contributed by atoms with Crippen LogP contribution in [0, 0.1) is 363 Å². The van der Waals surface area contributed by atoms with Gasteiger partial charge in [-0.2, -0.15) is 0 Å². The molecule has 56 aliphatic rings. The maximum absolute atomic E-state index is 3.21. The van der Waals surface area contributed by atoms with Gasteiger partial charge < -0.3 is 0 Å². The van der Waals surface area contributed by atoms with Crippen molar-refractivity contribution >= 4 is 0 Å². The highest BCUT2D eigenvalue weighted by Crippen LogP contribution is 3.02. The molecule has 0 aromatic heterocycles. The van der Waals surface area contributed by atoms with E-state index in [4.69, 9.17) is 0 Å². The van der Waals surface area contributed by atoms with Gasteiger partial charge in [0.05, 0.1) is 0 Å². The molecular weight excluding hydrogens is 1650 g/mol. The first-order valence-corrected chi connectivity index (χ1v) is 64.2. The molecule has 56 saturated carbocycles. The fourth-order valence-corrected chi connectivity index (χ4v) is 75.7. The minimum absolute atomic E-state index is 0.564. The van der Waals surface area contributed by atoms with Gasteiger partial charge in [0.1, 0.15) is 0 Å². The molecule has 0 aromatic carbocycles. The highest BCUT2D eigenvalue weighted by Gasteiger charge is 2.94. The van der Waals surface area contributed by atoms with Gasteiger partial charge in [-0.1, -0.05) is 125 Å². The van der Waals surface area contributed by atoms with Crippen LogP contribution >= 0.6 is 0 Å². The van der Waals surface area contributed by atoms with Crippen molar-refractivity contribution in [3.8, 4) is 0 Å². The Labute approximate surface area is 834 Å². The lowest BCUT2D eigenvalue weighted by Crippen LogP contribution is -2.82. The van der Waals surface area contributed by atoms with E-state index in [1.165, 1.54) is 0 Å². The van der Waals surface area contributed by atoms with Crippen molar-refractivity contribution in [2.75, 3.05) is 0 Å². The van der Waals surface area contributed by atoms with Crippen LogP contribution in [0.3, 0.4) is 0 Å². The SMILES string of the molecule is CC12CC3C4CC5(CC67CC8C9CC%10(C)CC(C(C6)C8(CC68CC%11(CC%12%13CC%14C%15CC%16(C)CC(C(C%12)C%14(C)C%16)C%15(C)C%13)CC%12C6CC6(CC%13%14CC%15C%16CC%17(C)CC%15(C)C(C%13)C(C)(C%17)C%16C%14)CC8C(C%11)C%12(CC8%11CC%12(C)CC%13C8CC8(C)CC%11C(C%12)C%13(C)C8)C6)C%10)C9(CC68CC9(C)CC%10C6CC6(C)CC8C(C9)C%10(CC89CC%10(C)CC%11C8CC8(C)CC9C(C%10)C%11(C)C8)C6)C7)CC(C(C1)C3(C)C5)C4(C)C2. The van der Waals surface area contributed by atoms with Crippen LogP contribution in [0.25, 0.3) is 0 Å². The van der Waals surface area contributed by atoms with Crippen LogP contribution in [0.4, 0.5) is 0 Å². The van der Waals surface area contributed by atoms with Gasteiger partial charge in [0, 0.05) is 0 Å². The Kier molecular flexibility index (Phi) is 12.6. The summed E-state index contributed by atoms with van der Waals surface area (Å²) in [5.41, 5.74) is 19.9. The van der Waals surface area contributed by atoms with E-state index in [0.717, 1.165) is 189 Å². The lowest BCUT2D eigenvalue weighted by atomic mass is 9.15. The molecule has 744 valence electrons. The first-order chi connectivity index (χ1) is 64.2. The predicted octanol–water partition coefficient (Wildman–Crippen LogP) is 34.6. The van der Waals surface area contributed by atoms with E-state index in [-0.39, 0.29) is 0 Å². The lowest BCUT2D eigenvalue weighted by Gasteiger charge is -2.90. The van der Waals surface area contributed by atoms with Crippen LogP contribution in [-0.4, -0.2) is 0 Å². The summed E-state index contributed by atoms with van der Waals surface area (Å²) < 4.78 is 0. The molecule has 32 atom stereocenters. The molecule has 56 aliphatic carbocycles. The fourth-order valence-electron chi connectivity index (χ4n) is 75.7. The molecule has 0 saturated heterocycles. The summed E-state index contributed by atoms with van der Waals surface area (Å²) >= 11 is 0. The molecule has 0 heteroatoms. The number of hydrogen-bond acceptors (Lipinski definition) is 0. The molecule has 0 aliphatic heterocycles. The van der Waals surface area contributed by atoms with Gasteiger partial charge in [0.2, 0.25) is 0 Å². The first-order valence-electron chi connectivity index (χ1n) is 64.2. The van der Waals surface area contributed by atoms with E-state index in [2.05, 4.69) is 125 Å². The molecular formula is C137H196. The molecule has 0 heterocycles. The average Bonchev–Trinajstić information content (AvgIpc) is 0.619. The molecule has 56 fully saturated rings. The summed E-state index contributed by atoms with van der Waals surface area (Å²) in [6.07, 6.45) is 93.6. The number of rotatable bonds is 14. The molecule has 64 bridgehead atoms. The molecule has 0 nitrogen and oxygen atoms in total. The second-order valence-corrected chi connectivity index (χ2v) is 79.0. The number of hydrogen-bond donors (Lipinski definition) is 0. The standard InChI is InChI=1S/C137H196/c1-106-20-77-85-40-125(41-86(118(85,13)51-106)78(21-106)120(77,15)62-125)65-128-44-99-97-36-114(9)37-98(135(97,68-128)72-133-60-113(8)32-93-95(133)34-112(7)35-96(133)94(33-113)132(93,59-112)70-130-57-110(5)24-81-89(130)28-108(3)29-90(130)82(25-110)116(81,11)53-108)100(45-128)134(99,61-114)73-137-69-129(66-126-42-87-79-22-107(2)23-80(121(79,16)63-126)88(43-126)119(87,14)52-107)48-103-101(137)46-127(64-124-38-75-74-19-115(10)55-122(75,17)105(50-124)123(18,56-115)76(74)39-124)47-102(137)104(49-129)136(103,67-127)71-131-58-111(6)26-83-91(131)30-109(4)31-92(131)84(27-111)117(83,12)54-109/h74-105H,19-73H2,1-18H3. The molecule has 0 spiro atoms. The molecule has 0 amide bonds. The maximum atomic E-state index is 3.21. The Balaban J connectivity index is 0.497. The molecule has 32 unspecified atom stereocenters. The van der Waals surface area contributed by atoms with Gasteiger partial charge in [-0.05, 0) is 716 Å². The summed E-state index contributed by atoms with van der Waals surface area (Å²) in [4.78, 5) is 0. The highest BCUT2D eigenvalue weighted by atomic mass is 15.0. The van der Waals surface area contributed by atoms with E-state index in [1.54, 1.807) is 334 Å². The van der Waals surface area contributed by atoms with Crippen LogP contribution in [0.15, 0.2) is 0 Å². The largest absolute Gasteiger partial charge is 0.0596 e. The Morgan fingerprint density at radius 1 is 0.117 bits per heavy atom. The molecule has 0 N–H and O–H groups in total. The topological polar surface area (TPSA) is 0 Å². The highest BCUT2D eigenvalue weighted by molar-refractivity contribution is 5.43. The van der Waals surface area contributed by atoms with Crippen LogP contribution in [0.5, 0.6) is 0 Å². The molecule has 0 aromatic rings. The van der Waals surface area contributed by atoms with Crippen LogP contribution in [-0.2, 0) is 0 Å². The third-order valence-corrected chi connectivity index (χ3v) is 72.3. The van der Waals surface area contributed by atoms with Crippen molar-refractivity contribution in [1.29, 1.82) is 0 Å². The van der Waals surface area contributed by atoms with Gasteiger partial charge in [-0.15, -0.1) is 0 Å². The third-order valence-electron chi connectivity index (χ3n) is 72.3. The zero-order valence-electron chi connectivity index (χ0n) is 91.4. The zero-order valence-corrected chi connectivity index (χ0v) is 91.4. The van der Waals surface area contributed by atoms with Gasteiger partial charge in [-0.25, -0.2) is 0 Å². The summed E-state index contributed by atoms with van der Waals surface area (Å²) in [5, 5.41) is 0. The van der Waals surface area contributed by atoms with Gasteiger partial charge in [0.25, 0.3) is 0 Å². The van der Waals surface area contributed by atoms with E-state index < -0.39 is 0 Å². The van der Waals surface area contributed by atoms with E-state index in [0.29, 0.717) is 173 Å². The minimum atomic E-state index is 0.564. The van der Waals surface area contributed by atoms with Gasteiger partial charge in [0.15, 0.2) is 0 Å². The summed E-state index contributed by atoms with van der Waals surface area (Å²) in [6, 6.07) is 0. The summed E-state index contributed by atoms with van der Waals surface area (Å²) in [7, 11) is 0. The maximum Gasteiger partial charge on any atom is -0.0224 e. The fraction of sp³-hybridized carbons (Fsp3) is 1.00. The summed E-state index contributed by atoms with van der Waals surface area (Å²) in [6.45, 7) is 54.2. The Bertz CT molecular complexity index is 5520. The van der Waals surface area contributed by atoms with Crippen molar-refractivity contribution in [1.82, 2.24) is 0 Å². The normalized spacial score (nSPS) is 79.5. The van der Waals surface area contributed by atoms with Crippen LogP contribution < -0.4 is 0 Å². The summed E-state index contributed by atoms with van der Waals surface area (Å²) in [5.74, 6) is 33.5. The minimum Gasteiger partial charge on any atom is -0.0596 e. The van der Waals surface area contributed by atoms with E-state index in [1.807, 2.05) is 19.3 Å². The second-order valence-electron chi connectivity index (χ2n) is 79.0. The van der Waals surface area contributed by atoms with Crippen molar-refractivity contribution in [3.63, 3.8) is 0 Å². The Morgan fingerprint density at radius 2 is 0.277 bits per heavy atom. The first kappa shape index (κ1) is 81.8.